The lowest BCUT2D eigenvalue weighted by molar-refractivity contribution is 0.00578. The van der Waals surface area contributed by atoms with Crippen LogP contribution in [0.5, 0.6) is 0 Å². The minimum absolute atomic E-state index is 0.235. The summed E-state index contributed by atoms with van der Waals surface area (Å²) < 4.78 is 12.3. The number of hydrogen-bond donors (Lipinski definition) is 0. The summed E-state index contributed by atoms with van der Waals surface area (Å²) in [4.78, 5) is 0. The third kappa shape index (κ3) is 2.42. The molecule has 0 atom stereocenters. The molecule has 1 aliphatic heterocycles. The summed E-state index contributed by atoms with van der Waals surface area (Å²) >= 11 is 0. The van der Waals surface area contributed by atoms with Gasteiger partial charge in [0.05, 0.1) is 11.2 Å². The molecule has 1 aliphatic carbocycles. The van der Waals surface area contributed by atoms with Gasteiger partial charge in [-0.1, -0.05) is 37.1 Å². The van der Waals surface area contributed by atoms with Crippen molar-refractivity contribution in [2.45, 2.75) is 70.5 Å². The van der Waals surface area contributed by atoms with Crippen LogP contribution < -0.4 is 5.46 Å². The van der Waals surface area contributed by atoms with E-state index in [4.69, 9.17) is 9.31 Å². The van der Waals surface area contributed by atoms with Gasteiger partial charge in [0.1, 0.15) is 0 Å². The Morgan fingerprint density at radius 1 is 1.00 bits per heavy atom. The lowest BCUT2D eigenvalue weighted by atomic mass is 9.77. The van der Waals surface area contributed by atoms with Crippen LogP contribution in [0.2, 0.25) is 0 Å². The Labute approximate surface area is 123 Å². The first-order valence-electron chi connectivity index (χ1n) is 7.84. The van der Waals surface area contributed by atoms with Crippen molar-refractivity contribution in [1.82, 2.24) is 0 Å². The SMILES string of the molecule is CC1(C)OB(c2cccc(C3CCCC3)c2)OC1(C)C. The van der Waals surface area contributed by atoms with E-state index in [1.165, 1.54) is 31.2 Å². The summed E-state index contributed by atoms with van der Waals surface area (Å²) in [6.07, 6.45) is 5.39. The fourth-order valence-electron chi connectivity index (χ4n) is 3.20. The van der Waals surface area contributed by atoms with Gasteiger partial charge >= 0.3 is 7.12 Å². The van der Waals surface area contributed by atoms with Crippen molar-refractivity contribution in [2.75, 3.05) is 0 Å². The van der Waals surface area contributed by atoms with Gasteiger partial charge < -0.3 is 9.31 Å². The van der Waals surface area contributed by atoms with Gasteiger partial charge in [0.25, 0.3) is 0 Å². The Hall–Kier alpha value is -0.795. The molecule has 2 nitrogen and oxygen atoms in total. The van der Waals surface area contributed by atoms with Crippen molar-refractivity contribution in [3.8, 4) is 0 Å². The van der Waals surface area contributed by atoms with Gasteiger partial charge in [0.2, 0.25) is 0 Å². The molecule has 0 spiro atoms. The highest BCUT2D eigenvalue weighted by molar-refractivity contribution is 6.62. The number of rotatable bonds is 2. The van der Waals surface area contributed by atoms with E-state index >= 15 is 0 Å². The maximum Gasteiger partial charge on any atom is 0.494 e. The van der Waals surface area contributed by atoms with E-state index < -0.39 is 0 Å². The third-order valence-electron chi connectivity index (χ3n) is 5.26. The molecule has 1 saturated carbocycles. The average Bonchev–Trinajstić information content (AvgIpc) is 2.97. The fraction of sp³-hybridized carbons (Fsp3) is 0.647. The molecule has 1 aromatic rings. The average molecular weight is 272 g/mol. The van der Waals surface area contributed by atoms with Gasteiger partial charge in [-0.15, -0.1) is 0 Å². The molecule has 0 radical (unpaired) electrons. The molecule has 3 rings (SSSR count). The Morgan fingerprint density at radius 3 is 2.20 bits per heavy atom. The van der Waals surface area contributed by atoms with Gasteiger partial charge in [-0.3, -0.25) is 0 Å². The van der Waals surface area contributed by atoms with Crippen molar-refractivity contribution in [1.29, 1.82) is 0 Å². The minimum atomic E-state index is -0.263. The van der Waals surface area contributed by atoms with E-state index in [0.29, 0.717) is 0 Å². The number of benzene rings is 1. The summed E-state index contributed by atoms with van der Waals surface area (Å²) in [5.74, 6) is 0.734. The predicted octanol–water partition coefficient (Wildman–Crippen LogP) is 3.64. The van der Waals surface area contributed by atoms with Gasteiger partial charge in [0.15, 0.2) is 0 Å². The molecular weight excluding hydrogens is 247 g/mol. The smallest absolute Gasteiger partial charge is 0.399 e. The van der Waals surface area contributed by atoms with Crippen LogP contribution in [-0.2, 0) is 9.31 Å². The van der Waals surface area contributed by atoms with Gasteiger partial charge in [-0.25, -0.2) is 0 Å². The second-order valence-electron chi connectivity index (χ2n) is 7.24. The Kier molecular flexibility index (Phi) is 3.46. The zero-order chi connectivity index (χ0) is 14.4. The highest BCUT2D eigenvalue weighted by atomic mass is 16.7. The lowest BCUT2D eigenvalue weighted by Crippen LogP contribution is -2.41. The Balaban J connectivity index is 1.83. The maximum atomic E-state index is 6.15. The zero-order valence-corrected chi connectivity index (χ0v) is 13.1. The largest absolute Gasteiger partial charge is 0.494 e. The molecule has 2 aliphatic rings. The van der Waals surface area contributed by atoms with Crippen LogP contribution in [0.25, 0.3) is 0 Å². The van der Waals surface area contributed by atoms with E-state index in [2.05, 4.69) is 52.0 Å². The van der Waals surface area contributed by atoms with Gasteiger partial charge in [-0.05, 0) is 57.5 Å². The lowest BCUT2D eigenvalue weighted by Gasteiger charge is -2.32. The molecule has 1 saturated heterocycles. The summed E-state index contributed by atoms with van der Waals surface area (Å²) in [5.41, 5.74) is 2.09. The van der Waals surface area contributed by atoms with Crippen molar-refractivity contribution in [3.63, 3.8) is 0 Å². The molecule has 0 N–H and O–H groups in total. The summed E-state index contributed by atoms with van der Waals surface area (Å²) in [6.45, 7) is 8.42. The van der Waals surface area contributed by atoms with E-state index in [1.807, 2.05) is 0 Å². The second-order valence-corrected chi connectivity index (χ2v) is 7.24. The molecule has 108 valence electrons. The molecular formula is C17H25BO2. The molecule has 1 heterocycles. The van der Waals surface area contributed by atoms with Crippen LogP contribution in [0.1, 0.15) is 64.9 Å². The monoisotopic (exact) mass is 272 g/mol. The summed E-state index contributed by atoms with van der Waals surface area (Å²) in [6, 6.07) is 8.82. The first-order valence-corrected chi connectivity index (χ1v) is 7.84. The van der Waals surface area contributed by atoms with E-state index in [1.54, 1.807) is 0 Å². The normalized spacial score (nSPS) is 25.3. The van der Waals surface area contributed by atoms with Crippen LogP contribution in [0.3, 0.4) is 0 Å². The summed E-state index contributed by atoms with van der Waals surface area (Å²) in [5, 5.41) is 0. The van der Waals surface area contributed by atoms with Crippen molar-refractivity contribution >= 4 is 12.6 Å². The van der Waals surface area contributed by atoms with E-state index in [9.17, 15) is 0 Å². The van der Waals surface area contributed by atoms with Crippen molar-refractivity contribution in [2.24, 2.45) is 0 Å². The molecule has 2 fully saturated rings. The molecule has 20 heavy (non-hydrogen) atoms. The molecule has 0 unspecified atom stereocenters. The van der Waals surface area contributed by atoms with Gasteiger partial charge in [0, 0.05) is 0 Å². The standard InChI is InChI=1S/C17H25BO2/c1-16(2)17(3,4)20-18(19-16)15-11-7-10-14(12-15)13-8-5-6-9-13/h7,10-13H,5-6,8-9H2,1-4H3. The molecule has 0 amide bonds. The van der Waals surface area contributed by atoms with E-state index in [-0.39, 0.29) is 18.3 Å². The van der Waals surface area contributed by atoms with E-state index in [0.717, 1.165) is 11.4 Å². The van der Waals surface area contributed by atoms with Crippen molar-refractivity contribution in [3.05, 3.63) is 29.8 Å². The zero-order valence-electron chi connectivity index (χ0n) is 13.1. The quantitative estimate of drug-likeness (QED) is 0.765. The summed E-state index contributed by atoms with van der Waals surface area (Å²) in [7, 11) is -0.235. The number of hydrogen-bond acceptors (Lipinski definition) is 2. The molecule has 0 bridgehead atoms. The molecule has 0 aromatic heterocycles. The molecule has 3 heteroatoms. The van der Waals surface area contributed by atoms with Crippen LogP contribution in [0.15, 0.2) is 24.3 Å². The van der Waals surface area contributed by atoms with Crippen molar-refractivity contribution < 1.29 is 9.31 Å². The Bertz CT molecular complexity index is 474. The highest BCUT2D eigenvalue weighted by Gasteiger charge is 2.51. The van der Waals surface area contributed by atoms with Gasteiger partial charge in [-0.2, -0.15) is 0 Å². The van der Waals surface area contributed by atoms with Crippen LogP contribution in [0.4, 0.5) is 0 Å². The third-order valence-corrected chi connectivity index (χ3v) is 5.26. The van der Waals surface area contributed by atoms with Crippen LogP contribution in [0, 0.1) is 0 Å². The topological polar surface area (TPSA) is 18.5 Å². The Morgan fingerprint density at radius 2 is 1.60 bits per heavy atom. The predicted molar refractivity (Wildman–Crippen MR) is 83.4 cm³/mol. The second kappa shape index (κ2) is 4.89. The first kappa shape index (κ1) is 14.2. The maximum absolute atomic E-state index is 6.15. The minimum Gasteiger partial charge on any atom is -0.399 e. The highest BCUT2D eigenvalue weighted by Crippen LogP contribution is 2.37. The molecule has 1 aromatic carbocycles. The van der Waals surface area contributed by atoms with Crippen LogP contribution >= 0.6 is 0 Å². The fourth-order valence-corrected chi connectivity index (χ4v) is 3.20. The van der Waals surface area contributed by atoms with Crippen LogP contribution in [-0.4, -0.2) is 18.3 Å². The first-order chi connectivity index (χ1) is 9.39.